The summed E-state index contributed by atoms with van der Waals surface area (Å²) in [7, 11) is -3.26. The summed E-state index contributed by atoms with van der Waals surface area (Å²) < 4.78 is 26.1. The second-order valence-electron chi connectivity index (χ2n) is 4.10. The van der Waals surface area contributed by atoms with Gasteiger partial charge in [-0.2, -0.15) is 8.42 Å². The summed E-state index contributed by atoms with van der Waals surface area (Å²) in [6.45, 7) is 0.310. The van der Waals surface area contributed by atoms with E-state index in [4.69, 9.17) is 0 Å². The van der Waals surface area contributed by atoms with Gasteiger partial charge in [0.1, 0.15) is 0 Å². The number of rotatable bonds is 9. The highest BCUT2D eigenvalue weighted by Gasteiger charge is 2.00. The Balaban J connectivity index is 1.93. The van der Waals surface area contributed by atoms with Crippen molar-refractivity contribution in [1.82, 2.24) is 0 Å². The molecule has 0 amide bonds. The van der Waals surface area contributed by atoms with Gasteiger partial charge in [0, 0.05) is 4.90 Å². The molecule has 0 unspecified atom stereocenters. The first-order valence-corrected chi connectivity index (χ1v) is 8.90. The first-order valence-electron chi connectivity index (χ1n) is 6.10. The summed E-state index contributed by atoms with van der Waals surface area (Å²) in [5.41, 5.74) is 0. The van der Waals surface area contributed by atoms with E-state index < -0.39 is 10.1 Å². The number of hydrogen-bond donors (Lipinski definition) is 0. The summed E-state index contributed by atoms with van der Waals surface area (Å²) in [4.78, 5) is 1.30. The third-order valence-electron chi connectivity index (χ3n) is 2.35. The number of benzene rings is 1. The van der Waals surface area contributed by atoms with E-state index in [9.17, 15) is 8.42 Å². The van der Waals surface area contributed by atoms with E-state index in [-0.39, 0.29) is 0 Å². The van der Waals surface area contributed by atoms with E-state index in [1.54, 1.807) is 0 Å². The number of hydrogen-bond acceptors (Lipinski definition) is 4. The molecule has 0 spiro atoms. The van der Waals surface area contributed by atoms with Crippen LogP contribution < -0.4 is 0 Å². The SMILES string of the molecule is CS(=O)(=O)OCCCCCCSc1ccccc1. The van der Waals surface area contributed by atoms with Crippen molar-refractivity contribution < 1.29 is 12.6 Å². The molecule has 0 N–H and O–H groups in total. The van der Waals surface area contributed by atoms with Crippen molar-refractivity contribution in [2.24, 2.45) is 0 Å². The van der Waals surface area contributed by atoms with Crippen molar-refractivity contribution in [3.8, 4) is 0 Å². The monoisotopic (exact) mass is 288 g/mol. The molecule has 0 bridgehead atoms. The minimum absolute atomic E-state index is 0.310. The lowest BCUT2D eigenvalue weighted by Gasteiger charge is -2.02. The second kappa shape index (κ2) is 8.56. The molecule has 0 aliphatic carbocycles. The summed E-state index contributed by atoms with van der Waals surface area (Å²) in [6, 6.07) is 10.3. The second-order valence-corrected chi connectivity index (χ2v) is 6.91. The molecule has 1 aromatic carbocycles. The molecule has 1 aromatic rings. The van der Waals surface area contributed by atoms with Crippen LogP contribution in [-0.4, -0.2) is 27.0 Å². The molecular weight excluding hydrogens is 268 g/mol. The summed E-state index contributed by atoms with van der Waals surface area (Å²) in [5, 5.41) is 0. The Hall–Kier alpha value is -0.520. The molecule has 0 aromatic heterocycles. The Bertz CT molecular complexity index is 415. The van der Waals surface area contributed by atoms with Crippen LogP contribution in [-0.2, 0) is 14.3 Å². The molecule has 5 heteroatoms. The van der Waals surface area contributed by atoms with Crippen molar-refractivity contribution >= 4 is 21.9 Å². The van der Waals surface area contributed by atoms with E-state index in [1.807, 2.05) is 30.0 Å². The van der Waals surface area contributed by atoms with E-state index in [1.165, 1.54) is 4.90 Å². The van der Waals surface area contributed by atoms with Crippen LogP contribution >= 0.6 is 11.8 Å². The van der Waals surface area contributed by atoms with Crippen molar-refractivity contribution in [2.75, 3.05) is 18.6 Å². The molecule has 0 aliphatic heterocycles. The first-order chi connectivity index (χ1) is 8.58. The molecule has 1 rings (SSSR count). The molecule has 0 atom stereocenters. The third kappa shape index (κ3) is 8.55. The first kappa shape index (κ1) is 15.5. The van der Waals surface area contributed by atoms with Gasteiger partial charge in [0.05, 0.1) is 12.9 Å². The Labute approximate surface area is 114 Å². The van der Waals surface area contributed by atoms with Crippen molar-refractivity contribution in [2.45, 2.75) is 30.6 Å². The van der Waals surface area contributed by atoms with Gasteiger partial charge in [0.15, 0.2) is 0 Å². The maximum atomic E-state index is 10.7. The molecule has 0 heterocycles. The fourth-order valence-corrected chi connectivity index (χ4v) is 2.83. The van der Waals surface area contributed by atoms with Gasteiger partial charge in [-0.05, 0) is 30.7 Å². The number of unbranched alkanes of at least 4 members (excludes halogenated alkanes) is 3. The highest BCUT2D eigenvalue weighted by atomic mass is 32.2. The lowest BCUT2D eigenvalue weighted by molar-refractivity contribution is 0.310. The van der Waals surface area contributed by atoms with Crippen LogP contribution in [0.25, 0.3) is 0 Å². The lowest BCUT2D eigenvalue weighted by atomic mass is 10.2. The van der Waals surface area contributed by atoms with Crippen molar-refractivity contribution in [3.63, 3.8) is 0 Å². The zero-order chi connectivity index (χ0) is 13.3. The van der Waals surface area contributed by atoms with Gasteiger partial charge in [-0.15, -0.1) is 11.8 Å². The zero-order valence-corrected chi connectivity index (χ0v) is 12.3. The van der Waals surface area contributed by atoms with Gasteiger partial charge in [0.2, 0.25) is 0 Å². The predicted octanol–water partition coefficient (Wildman–Crippen LogP) is 3.32. The van der Waals surface area contributed by atoms with E-state index in [0.29, 0.717) is 6.61 Å². The van der Waals surface area contributed by atoms with Crippen LogP contribution in [0.2, 0.25) is 0 Å². The van der Waals surface area contributed by atoms with Gasteiger partial charge < -0.3 is 0 Å². The Kier molecular flexibility index (Phi) is 7.39. The van der Waals surface area contributed by atoms with E-state index in [0.717, 1.165) is 37.7 Å². The molecule has 0 saturated carbocycles. The fraction of sp³-hybridized carbons (Fsp3) is 0.538. The van der Waals surface area contributed by atoms with Crippen LogP contribution in [0.5, 0.6) is 0 Å². The standard InChI is InChI=1S/C13H20O3S2/c1-18(14,15)16-11-7-2-3-8-12-17-13-9-5-4-6-10-13/h4-6,9-10H,2-3,7-8,11-12H2,1H3. The van der Waals surface area contributed by atoms with Gasteiger partial charge in [-0.1, -0.05) is 31.0 Å². The lowest BCUT2D eigenvalue weighted by Crippen LogP contribution is -2.03. The third-order valence-corrected chi connectivity index (χ3v) is 4.04. The Morgan fingerprint density at radius 2 is 1.72 bits per heavy atom. The molecule has 0 saturated heterocycles. The quantitative estimate of drug-likeness (QED) is 0.397. The Morgan fingerprint density at radius 3 is 2.39 bits per heavy atom. The minimum atomic E-state index is -3.26. The topological polar surface area (TPSA) is 43.4 Å². The van der Waals surface area contributed by atoms with Crippen LogP contribution in [0.15, 0.2) is 35.2 Å². The molecular formula is C13H20O3S2. The normalized spacial score (nSPS) is 11.6. The van der Waals surface area contributed by atoms with E-state index in [2.05, 4.69) is 16.3 Å². The number of thioether (sulfide) groups is 1. The fourth-order valence-electron chi connectivity index (χ4n) is 1.47. The largest absolute Gasteiger partial charge is 0.270 e. The van der Waals surface area contributed by atoms with Gasteiger partial charge in [0.25, 0.3) is 10.1 Å². The summed E-state index contributed by atoms with van der Waals surface area (Å²) >= 11 is 1.86. The van der Waals surface area contributed by atoms with Gasteiger partial charge in [-0.25, -0.2) is 0 Å². The zero-order valence-electron chi connectivity index (χ0n) is 10.7. The molecule has 18 heavy (non-hydrogen) atoms. The van der Waals surface area contributed by atoms with Crippen LogP contribution in [0.1, 0.15) is 25.7 Å². The highest BCUT2D eigenvalue weighted by Crippen LogP contribution is 2.18. The maximum Gasteiger partial charge on any atom is 0.264 e. The highest BCUT2D eigenvalue weighted by molar-refractivity contribution is 7.99. The average Bonchev–Trinajstić information content (AvgIpc) is 2.32. The van der Waals surface area contributed by atoms with Crippen molar-refractivity contribution in [1.29, 1.82) is 0 Å². The van der Waals surface area contributed by atoms with Gasteiger partial charge >= 0.3 is 0 Å². The molecule has 102 valence electrons. The summed E-state index contributed by atoms with van der Waals surface area (Å²) in [6.07, 6.45) is 5.18. The molecule has 0 radical (unpaired) electrons. The average molecular weight is 288 g/mol. The van der Waals surface area contributed by atoms with Crippen molar-refractivity contribution in [3.05, 3.63) is 30.3 Å². The molecule has 0 aliphatic rings. The summed E-state index contributed by atoms with van der Waals surface area (Å²) in [5.74, 6) is 1.11. The molecule has 0 fully saturated rings. The Morgan fingerprint density at radius 1 is 1.06 bits per heavy atom. The minimum Gasteiger partial charge on any atom is -0.270 e. The van der Waals surface area contributed by atoms with Crippen LogP contribution in [0.4, 0.5) is 0 Å². The maximum absolute atomic E-state index is 10.7. The van der Waals surface area contributed by atoms with E-state index >= 15 is 0 Å². The van der Waals surface area contributed by atoms with Crippen LogP contribution in [0, 0.1) is 0 Å². The smallest absolute Gasteiger partial charge is 0.264 e. The van der Waals surface area contributed by atoms with Gasteiger partial charge in [-0.3, -0.25) is 4.18 Å². The predicted molar refractivity (Wildman–Crippen MR) is 76.4 cm³/mol. The molecule has 3 nitrogen and oxygen atoms in total. The van der Waals surface area contributed by atoms with Crippen LogP contribution in [0.3, 0.4) is 0 Å².